The number of amides is 1. The zero-order valence-corrected chi connectivity index (χ0v) is 23.7. The van der Waals surface area contributed by atoms with Crippen molar-refractivity contribution in [2.24, 2.45) is 10.5 Å². The van der Waals surface area contributed by atoms with E-state index in [0.29, 0.717) is 17.6 Å². The lowest BCUT2D eigenvalue weighted by Crippen LogP contribution is -2.44. The summed E-state index contributed by atoms with van der Waals surface area (Å²) in [7, 11) is 1.47. The summed E-state index contributed by atoms with van der Waals surface area (Å²) in [6, 6.07) is 0. The van der Waals surface area contributed by atoms with E-state index in [1.54, 1.807) is 6.92 Å². The van der Waals surface area contributed by atoms with Gasteiger partial charge < -0.3 is 14.7 Å². The summed E-state index contributed by atoms with van der Waals surface area (Å²) >= 11 is 0. The van der Waals surface area contributed by atoms with Crippen molar-refractivity contribution in [1.82, 2.24) is 5.32 Å². The molecule has 2 unspecified atom stereocenters. The molecule has 0 heterocycles. The van der Waals surface area contributed by atoms with Crippen LogP contribution in [0.4, 0.5) is 0 Å². The lowest BCUT2D eigenvalue weighted by Gasteiger charge is -2.28. The van der Waals surface area contributed by atoms with E-state index in [2.05, 4.69) is 22.3 Å². The summed E-state index contributed by atoms with van der Waals surface area (Å²) in [6.45, 7) is 4.26. The fraction of sp³-hybridized carbons (Fsp3) is 0.958. The molecule has 0 aliphatic carbocycles. The highest BCUT2D eigenvalue weighted by molar-refractivity contribution is 7.47. The van der Waals surface area contributed by atoms with Crippen molar-refractivity contribution < 1.29 is 27.8 Å². The minimum atomic E-state index is -4.33. The van der Waals surface area contributed by atoms with Crippen molar-refractivity contribution in [2.45, 2.75) is 90.9 Å². The van der Waals surface area contributed by atoms with Gasteiger partial charge in [0.15, 0.2) is 0 Å². The number of rotatable bonds is 23. The largest absolute Gasteiger partial charge is 0.472 e. The number of carbonyl (C=O) groups is 1. The van der Waals surface area contributed by atoms with Gasteiger partial charge in [0.2, 0.25) is 5.91 Å². The van der Waals surface area contributed by atoms with E-state index < -0.39 is 19.8 Å². The molecular formula is C24H51N5O5P+. The SMILES string of the molecule is CCCCCCCCCCCCCCNC(=O)C(C)(CN=[N+]=[N-])COP(=O)(O)OCC[N+](C)(C)C. The van der Waals surface area contributed by atoms with E-state index in [0.717, 1.165) is 19.3 Å². The van der Waals surface area contributed by atoms with Gasteiger partial charge >= 0.3 is 7.82 Å². The Balaban J connectivity index is 4.24. The molecular weight excluding hydrogens is 469 g/mol. The molecule has 0 saturated heterocycles. The molecule has 0 aromatic heterocycles. The predicted molar refractivity (Wildman–Crippen MR) is 141 cm³/mol. The highest BCUT2D eigenvalue weighted by Gasteiger charge is 2.36. The van der Waals surface area contributed by atoms with Crippen LogP contribution < -0.4 is 5.32 Å². The molecule has 0 rings (SSSR count). The number of phosphoric acid groups is 1. The Labute approximate surface area is 213 Å². The average molecular weight is 521 g/mol. The summed E-state index contributed by atoms with van der Waals surface area (Å²) < 4.78 is 22.9. The monoisotopic (exact) mass is 520 g/mol. The van der Waals surface area contributed by atoms with Gasteiger partial charge in [-0.2, -0.15) is 0 Å². The van der Waals surface area contributed by atoms with Crippen LogP contribution in [0.5, 0.6) is 0 Å². The number of azide groups is 1. The molecule has 0 aliphatic heterocycles. The van der Waals surface area contributed by atoms with E-state index in [1.165, 1.54) is 57.8 Å². The van der Waals surface area contributed by atoms with Gasteiger partial charge in [0.05, 0.1) is 33.2 Å². The zero-order valence-electron chi connectivity index (χ0n) is 22.8. The number of nitrogens with zero attached hydrogens (tertiary/aromatic N) is 4. The topological polar surface area (TPSA) is 134 Å². The molecule has 1 amide bonds. The highest BCUT2D eigenvalue weighted by atomic mass is 31.2. The molecule has 2 atom stereocenters. The van der Waals surface area contributed by atoms with Crippen LogP contribution in [0, 0.1) is 5.41 Å². The number of hydrogen-bond donors (Lipinski definition) is 2. The number of unbranched alkanes of at least 4 members (excludes halogenated alkanes) is 11. The Morgan fingerprint density at radius 1 is 1.00 bits per heavy atom. The number of nitrogens with one attached hydrogen (secondary N) is 1. The first-order valence-electron chi connectivity index (χ1n) is 13.2. The van der Waals surface area contributed by atoms with Crippen LogP contribution in [0.2, 0.25) is 0 Å². The molecule has 10 nitrogen and oxygen atoms in total. The molecule has 206 valence electrons. The molecule has 11 heteroatoms. The Kier molecular flexibility index (Phi) is 18.4. The average Bonchev–Trinajstić information content (AvgIpc) is 2.78. The van der Waals surface area contributed by atoms with Gasteiger partial charge in [0.1, 0.15) is 13.2 Å². The van der Waals surface area contributed by atoms with Crippen LogP contribution in [0.15, 0.2) is 5.11 Å². The summed E-state index contributed by atoms with van der Waals surface area (Å²) in [5.41, 5.74) is 7.41. The molecule has 0 spiro atoms. The van der Waals surface area contributed by atoms with Crippen molar-refractivity contribution in [3.8, 4) is 0 Å². The molecule has 2 N–H and O–H groups in total. The van der Waals surface area contributed by atoms with Gasteiger partial charge in [-0.1, -0.05) is 82.7 Å². The van der Waals surface area contributed by atoms with Crippen LogP contribution in [0.25, 0.3) is 10.4 Å². The van der Waals surface area contributed by atoms with Crippen molar-refractivity contribution in [1.29, 1.82) is 0 Å². The maximum Gasteiger partial charge on any atom is 0.472 e. The highest BCUT2D eigenvalue weighted by Crippen LogP contribution is 2.44. The fourth-order valence-corrected chi connectivity index (χ4v) is 4.28. The number of quaternary nitrogens is 1. The standard InChI is InChI=1S/C24H50N5O5P/c1-6-7-8-9-10-11-12-13-14-15-16-17-18-26-23(30)24(2,21-27-28-25)22-34-35(31,32)33-20-19-29(3,4)5/h6-22H2,1-5H3,(H-,26,30,31,32)/p+1. The minimum absolute atomic E-state index is 0.0372. The van der Waals surface area contributed by atoms with Crippen molar-refractivity contribution in [2.75, 3.05) is 54.0 Å². The number of phosphoric ester groups is 1. The maximum atomic E-state index is 12.7. The van der Waals surface area contributed by atoms with Gasteiger partial charge in [-0.15, -0.1) is 0 Å². The minimum Gasteiger partial charge on any atom is -0.356 e. The second-order valence-corrected chi connectivity index (χ2v) is 12.1. The summed E-state index contributed by atoms with van der Waals surface area (Å²) in [6.07, 6.45) is 14.8. The van der Waals surface area contributed by atoms with Crippen molar-refractivity contribution in [3.05, 3.63) is 10.4 Å². The first-order chi connectivity index (χ1) is 16.5. The van der Waals surface area contributed by atoms with Crippen LogP contribution in [-0.4, -0.2) is 69.3 Å². The molecule has 0 saturated carbocycles. The van der Waals surface area contributed by atoms with Gasteiger partial charge in [0.25, 0.3) is 0 Å². The van der Waals surface area contributed by atoms with Crippen molar-refractivity contribution in [3.63, 3.8) is 0 Å². The Hall–Kier alpha value is -1.15. The normalized spacial score (nSPS) is 15.1. The first kappa shape index (κ1) is 33.8. The molecule has 0 aromatic rings. The number of likely N-dealkylation sites (N-methyl/N-ethyl adjacent to an activating group) is 1. The molecule has 0 aromatic carbocycles. The Bertz CT molecular complexity index is 667. The molecule has 0 fully saturated rings. The molecule has 0 radical (unpaired) electrons. The van der Waals surface area contributed by atoms with Crippen LogP contribution in [0.1, 0.15) is 90.9 Å². The number of hydrogen-bond acceptors (Lipinski definition) is 5. The third kappa shape index (κ3) is 19.7. The van der Waals surface area contributed by atoms with E-state index in [-0.39, 0.29) is 19.1 Å². The maximum absolute atomic E-state index is 12.7. The van der Waals surface area contributed by atoms with Crippen molar-refractivity contribution >= 4 is 13.7 Å². The molecule has 0 bridgehead atoms. The van der Waals surface area contributed by atoms with E-state index in [9.17, 15) is 14.3 Å². The van der Waals surface area contributed by atoms with E-state index in [1.807, 2.05) is 21.1 Å². The van der Waals surface area contributed by atoms with E-state index >= 15 is 0 Å². The summed E-state index contributed by atoms with van der Waals surface area (Å²) in [4.78, 5) is 25.4. The lowest BCUT2D eigenvalue weighted by atomic mass is 9.91. The molecule has 35 heavy (non-hydrogen) atoms. The van der Waals surface area contributed by atoms with Gasteiger partial charge in [0, 0.05) is 18.0 Å². The van der Waals surface area contributed by atoms with Crippen LogP contribution in [0.3, 0.4) is 0 Å². The summed E-state index contributed by atoms with van der Waals surface area (Å²) in [5, 5.41) is 6.35. The van der Waals surface area contributed by atoms with Gasteiger partial charge in [-0.05, 0) is 18.9 Å². The third-order valence-electron chi connectivity index (χ3n) is 5.91. The second-order valence-electron chi connectivity index (χ2n) is 10.7. The lowest BCUT2D eigenvalue weighted by molar-refractivity contribution is -0.870. The predicted octanol–water partition coefficient (Wildman–Crippen LogP) is 5.96. The quantitative estimate of drug-likeness (QED) is 0.0428. The smallest absolute Gasteiger partial charge is 0.356 e. The zero-order chi connectivity index (χ0) is 26.6. The fourth-order valence-electron chi connectivity index (χ4n) is 3.44. The van der Waals surface area contributed by atoms with Crippen LogP contribution in [-0.2, 0) is 18.4 Å². The first-order valence-corrected chi connectivity index (χ1v) is 14.7. The van der Waals surface area contributed by atoms with E-state index in [4.69, 9.17) is 14.6 Å². The molecule has 0 aliphatic rings. The van der Waals surface area contributed by atoms with Gasteiger partial charge in [-0.25, -0.2) is 4.57 Å². The number of carbonyl (C=O) groups excluding carboxylic acids is 1. The van der Waals surface area contributed by atoms with Crippen LogP contribution >= 0.6 is 7.82 Å². The summed E-state index contributed by atoms with van der Waals surface area (Å²) in [5.74, 6) is -0.376. The van der Waals surface area contributed by atoms with Gasteiger partial charge in [-0.3, -0.25) is 13.8 Å². The second kappa shape index (κ2) is 19.0. The Morgan fingerprint density at radius 2 is 1.51 bits per heavy atom. The Morgan fingerprint density at radius 3 is 2.00 bits per heavy atom. The third-order valence-corrected chi connectivity index (χ3v) is 6.87.